The summed E-state index contributed by atoms with van der Waals surface area (Å²) in [5, 5.41) is 7.75. The lowest BCUT2D eigenvalue weighted by molar-refractivity contribution is 0.341. The molecule has 0 spiro atoms. The second kappa shape index (κ2) is 7.27. The molecule has 0 radical (unpaired) electrons. The van der Waals surface area contributed by atoms with E-state index in [-0.39, 0.29) is 0 Å². The molecule has 2 nitrogen and oxygen atoms in total. The van der Waals surface area contributed by atoms with Gasteiger partial charge in [-0.05, 0) is 61.9 Å². The van der Waals surface area contributed by atoms with Crippen molar-refractivity contribution in [1.82, 2.24) is 4.90 Å². The fourth-order valence-electron chi connectivity index (χ4n) is 4.35. The number of rotatable bonds is 5. The molecule has 1 saturated carbocycles. The first-order chi connectivity index (χ1) is 11.2. The van der Waals surface area contributed by atoms with Crippen LogP contribution in [0.2, 0.25) is 0 Å². The predicted octanol–water partition coefficient (Wildman–Crippen LogP) is 4.78. The minimum atomic E-state index is 0.577. The highest BCUT2D eigenvalue weighted by Crippen LogP contribution is 2.45. The van der Waals surface area contributed by atoms with Gasteiger partial charge in [-0.3, -0.25) is 0 Å². The van der Waals surface area contributed by atoms with Crippen LogP contribution in [0, 0.1) is 11.3 Å². The highest BCUT2D eigenvalue weighted by Gasteiger charge is 2.32. The summed E-state index contributed by atoms with van der Waals surface area (Å²) in [4.78, 5) is 2.27. The molecule has 1 fully saturated rings. The summed E-state index contributed by atoms with van der Waals surface area (Å²) in [6.45, 7) is 1.04. The van der Waals surface area contributed by atoms with Gasteiger partial charge in [0.15, 0.2) is 0 Å². The molecular formula is C21H28N2. The van der Waals surface area contributed by atoms with Crippen LogP contribution in [0.3, 0.4) is 0 Å². The van der Waals surface area contributed by atoms with Crippen molar-refractivity contribution in [3.05, 3.63) is 58.7 Å². The van der Waals surface area contributed by atoms with Gasteiger partial charge in [-0.2, -0.15) is 0 Å². The van der Waals surface area contributed by atoms with Crippen molar-refractivity contribution >= 4 is 6.21 Å². The van der Waals surface area contributed by atoms with E-state index in [9.17, 15) is 0 Å². The first-order valence-corrected chi connectivity index (χ1v) is 8.83. The lowest BCUT2D eigenvalue weighted by atomic mass is 9.70. The van der Waals surface area contributed by atoms with Crippen LogP contribution < -0.4 is 0 Å². The molecule has 0 bridgehead atoms. The molecule has 2 unspecified atom stereocenters. The normalized spacial score (nSPS) is 24.5. The van der Waals surface area contributed by atoms with Gasteiger partial charge in [0.05, 0.1) is 0 Å². The van der Waals surface area contributed by atoms with Crippen molar-refractivity contribution < 1.29 is 0 Å². The Hall–Kier alpha value is -1.67. The summed E-state index contributed by atoms with van der Waals surface area (Å²) in [6.07, 6.45) is 12.5. The van der Waals surface area contributed by atoms with E-state index in [0.717, 1.165) is 18.5 Å². The molecule has 2 atom stereocenters. The minimum absolute atomic E-state index is 0.577. The van der Waals surface area contributed by atoms with Gasteiger partial charge in [0.1, 0.15) is 0 Å². The molecule has 0 saturated heterocycles. The molecule has 0 amide bonds. The zero-order chi connectivity index (χ0) is 16.2. The minimum Gasteiger partial charge on any atom is -0.308 e. The maximum absolute atomic E-state index is 7.75. The van der Waals surface area contributed by atoms with E-state index in [0.29, 0.717) is 11.8 Å². The summed E-state index contributed by atoms with van der Waals surface area (Å²) in [7, 11) is 4.30. The number of hydrogen-bond donors (Lipinski definition) is 1. The molecule has 2 aliphatic rings. The number of benzene rings is 1. The van der Waals surface area contributed by atoms with Crippen LogP contribution in [0.25, 0.3) is 0 Å². The van der Waals surface area contributed by atoms with Crippen molar-refractivity contribution in [2.75, 3.05) is 20.6 Å². The Kier molecular flexibility index (Phi) is 5.12. The van der Waals surface area contributed by atoms with Crippen LogP contribution in [0.5, 0.6) is 0 Å². The van der Waals surface area contributed by atoms with Gasteiger partial charge in [0.2, 0.25) is 0 Å². The first-order valence-electron chi connectivity index (χ1n) is 8.83. The van der Waals surface area contributed by atoms with Crippen LogP contribution in [0.4, 0.5) is 0 Å². The zero-order valence-electron chi connectivity index (χ0n) is 14.4. The van der Waals surface area contributed by atoms with E-state index in [1.54, 1.807) is 5.57 Å². The Morgan fingerprint density at radius 3 is 2.61 bits per heavy atom. The molecular weight excluding hydrogens is 280 g/mol. The lowest BCUT2D eigenvalue weighted by Gasteiger charge is -2.35. The second-order valence-corrected chi connectivity index (χ2v) is 7.17. The van der Waals surface area contributed by atoms with Crippen LogP contribution >= 0.6 is 0 Å². The number of nitrogens with zero attached hydrogens (tertiary/aromatic N) is 1. The summed E-state index contributed by atoms with van der Waals surface area (Å²) in [5.41, 5.74) is 5.67. The van der Waals surface area contributed by atoms with Gasteiger partial charge < -0.3 is 10.3 Å². The van der Waals surface area contributed by atoms with Gasteiger partial charge in [-0.15, -0.1) is 0 Å². The number of likely N-dealkylation sites (N-methyl/N-ethyl adjacent to an activating group) is 1. The Labute approximate surface area is 140 Å². The van der Waals surface area contributed by atoms with Crippen molar-refractivity contribution in [2.45, 2.75) is 38.0 Å². The fraction of sp³-hybridized carbons (Fsp3) is 0.476. The van der Waals surface area contributed by atoms with E-state index in [4.69, 9.17) is 5.41 Å². The molecule has 3 rings (SSSR count). The topological polar surface area (TPSA) is 27.1 Å². The third kappa shape index (κ3) is 3.48. The van der Waals surface area contributed by atoms with E-state index in [2.05, 4.69) is 55.4 Å². The monoisotopic (exact) mass is 308 g/mol. The molecule has 1 aromatic rings. The van der Waals surface area contributed by atoms with Crippen LogP contribution in [0.15, 0.2) is 47.6 Å². The third-order valence-corrected chi connectivity index (χ3v) is 5.32. The predicted molar refractivity (Wildman–Crippen MR) is 98.4 cm³/mol. The largest absolute Gasteiger partial charge is 0.308 e. The van der Waals surface area contributed by atoms with Gasteiger partial charge in [0, 0.05) is 12.8 Å². The molecule has 23 heavy (non-hydrogen) atoms. The molecule has 1 N–H and O–H groups in total. The number of nitrogens with one attached hydrogen (secondary N) is 1. The average Bonchev–Trinajstić information content (AvgIpc) is 3.02. The Balaban J connectivity index is 1.95. The third-order valence-electron chi connectivity index (χ3n) is 5.32. The van der Waals surface area contributed by atoms with Gasteiger partial charge in [-0.1, -0.05) is 54.8 Å². The van der Waals surface area contributed by atoms with E-state index in [1.165, 1.54) is 43.0 Å². The van der Waals surface area contributed by atoms with Crippen LogP contribution in [-0.2, 0) is 0 Å². The average molecular weight is 308 g/mol. The van der Waals surface area contributed by atoms with E-state index >= 15 is 0 Å². The van der Waals surface area contributed by atoms with Crippen molar-refractivity contribution in [2.24, 2.45) is 5.92 Å². The molecule has 2 aliphatic carbocycles. The van der Waals surface area contributed by atoms with Gasteiger partial charge >= 0.3 is 0 Å². The smallest absolute Gasteiger partial charge is 0.0253 e. The molecule has 122 valence electrons. The van der Waals surface area contributed by atoms with Crippen molar-refractivity contribution in [3.63, 3.8) is 0 Å². The van der Waals surface area contributed by atoms with Crippen molar-refractivity contribution in [3.8, 4) is 0 Å². The van der Waals surface area contributed by atoms with Crippen LogP contribution in [-0.4, -0.2) is 31.8 Å². The molecule has 0 aliphatic heterocycles. The zero-order valence-corrected chi connectivity index (χ0v) is 14.4. The summed E-state index contributed by atoms with van der Waals surface area (Å²) >= 11 is 0. The number of allylic oxidation sites excluding steroid dienone is 2. The molecule has 1 aromatic carbocycles. The van der Waals surface area contributed by atoms with E-state index in [1.807, 2.05) is 0 Å². The lowest BCUT2D eigenvalue weighted by Crippen LogP contribution is -2.23. The van der Waals surface area contributed by atoms with Crippen molar-refractivity contribution in [1.29, 1.82) is 5.41 Å². The molecule has 2 heteroatoms. The number of hydrogen-bond acceptors (Lipinski definition) is 2. The van der Waals surface area contributed by atoms with E-state index < -0.39 is 0 Å². The van der Waals surface area contributed by atoms with Crippen LogP contribution in [0.1, 0.15) is 49.1 Å². The van der Waals surface area contributed by atoms with Gasteiger partial charge in [0.25, 0.3) is 0 Å². The van der Waals surface area contributed by atoms with Gasteiger partial charge in [-0.25, -0.2) is 0 Å². The second-order valence-electron chi connectivity index (χ2n) is 7.17. The maximum Gasteiger partial charge on any atom is 0.0253 e. The standard InChI is InChI=1S/C21H28N2/c1-23(2)15-17-9-7-13-19(17)21-12-6-5-11-20(21)18-10-4-3-8-16(18)14-22/h3-4,7-10,14,20-22H,5-6,11-13,15H2,1-2H3. The molecule has 0 heterocycles. The highest BCUT2D eigenvalue weighted by atomic mass is 15.0. The maximum atomic E-state index is 7.75. The molecule has 0 aromatic heterocycles. The summed E-state index contributed by atoms with van der Waals surface area (Å²) < 4.78 is 0. The fourth-order valence-corrected chi connectivity index (χ4v) is 4.35. The first kappa shape index (κ1) is 16.2. The SMILES string of the molecule is CN(C)CC1=C(C2CCCCC2c2ccccc2C=N)CC=C1. The summed E-state index contributed by atoms with van der Waals surface area (Å²) in [5.74, 6) is 1.23. The Morgan fingerprint density at radius 2 is 1.87 bits per heavy atom. The summed E-state index contributed by atoms with van der Waals surface area (Å²) in [6, 6.07) is 8.53. The highest BCUT2D eigenvalue weighted by molar-refractivity contribution is 5.79. The quantitative estimate of drug-likeness (QED) is 0.779. The Bertz CT molecular complexity index is 624. The Morgan fingerprint density at radius 1 is 1.13 bits per heavy atom.